The fraction of sp³-hybridized carbons (Fsp3) is 0.214. The fourth-order valence-corrected chi connectivity index (χ4v) is 4.16. The van der Waals surface area contributed by atoms with Gasteiger partial charge in [-0.25, -0.2) is 9.79 Å². The predicted octanol–water partition coefficient (Wildman–Crippen LogP) is 4.03. The third kappa shape index (κ3) is 6.16. The number of hydrogen-bond donors (Lipinski definition) is 1. The number of hydrogen-bond acceptors (Lipinski definition) is 7. The minimum Gasteiger partial charge on any atom is -0.497 e. The van der Waals surface area contributed by atoms with Crippen LogP contribution >= 0.6 is 0 Å². The minimum absolute atomic E-state index is 0.0504. The van der Waals surface area contributed by atoms with E-state index in [2.05, 4.69) is 21.4 Å². The maximum absolute atomic E-state index is 13.5. The topological polar surface area (TPSA) is 137 Å². The standard InChI is InChI=1S/C28H23N5O4/c1-36-23-7-3-4-18(12-23)8-9-24-25(27(34)37-17-20-6-2-5-19(10-20)13-29)26(33-28(35)32-24)22-11-21(14-30)15-31-16-22/h2-7,10-12,15-16,25-26H,8-9,17H2,1H3,(H,33,35). The third-order valence-electron chi connectivity index (χ3n) is 5.96. The third-order valence-corrected chi connectivity index (χ3v) is 5.96. The zero-order valence-electron chi connectivity index (χ0n) is 20.0. The van der Waals surface area contributed by atoms with Crippen molar-refractivity contribution in [1.82, 2.24) is 10.3 Å². The number of aromatic nitrogens is 1. The number of nitriles is 2. The summed E-state index contributed by atoms with van der Waals surface area (Å²) in [6.45, 7) is -0.0504. The van der Waals surface area contributed by atoms with Gasteiger partial charge >= 0.3 is 12.0 Å². The molecule has 0 saturated heterocycles. The van der Waals surface area contributed by atoms with Gasteiger partial charge in [0.25, 0.3) is 0 Å². The van der Waals surface area contributed by atoms with Gasteiger partial charge in [-0.2, -0.15) is 10.5 Å². The first-order valence-electron chi connectivity index (χ1n) is 11.5. The van der Waals surface area contributed by atoms with Crippen molar-refractivity contribution in [1.29, 1.82) is 10.5 Å². The average molecular weight is 494 g/mol. The first-order chi connectivity index (χ1) is 18.0. The van der Waals surface area contributed by atoms with Crippen molar-refractivity contribution in [3.05, 3.63) is 94.8 Å². The maximum atomic E-state index is 13.5. The average Bonchev–Trinajstić information content (AvgIpc) is 2.94. The van der Waals surface area contributed by atoms with Gasteiger partial charge in [-0.3, -0.25) is 9.78 Å². The normalized spacial score (nSPS) is 16.5. The summed E-state index contributed by atoms with van der Waals surface area (Å²) in [6, 6.07) is 18.6. The van der Waals surface area contributed by atoms with E-state index in [9.17, 15) is 14.9 Å². The molecule has 1 aliphatic heterocycles. The highest BCUT2D eigenvalue weighted by Gasteiger charge is 2.40. The van der Waals surface area contributed by atoms with Gasteiger partial charge in [0.1, 0.15) is 24.3 Å². The molecule has 0 saturated carbocycles. The second-order valence-corrected chi connectivity index (χ2v) is 8.40. The van der Waals surface area contributed by atoms with Crippen LogP contribution in [0.4, 0.5) is 4.79 Å². The molecule has 0 spiro atoms. The first kappa shape index (κ1) is 25.1. The molecule has 2 heterocycles. The smallest absolute Gasteiger partial charge is 0.341 e. The van der Waals surface area contributed by atoms with E-state index >= 15 is 0 Å². The minimum atomic E-state index is -0.932. The number of esters is 1. The quantitative estimate of drug-likeness (QED) is 0.468. The molecule has 37 heavy (non-hydrogen) atoms. The number of rotatable bonds is 8. The van der Waals surface area contributed by atoms with Gasteiger partial charge in [0.2, 0.25) is 0 Å². The Kier molecular flexibility index (Phi) is 7.87. The predicted molar refractivity (Wildman–Crippen MR) is 133 cm³/mol. The van der Waals surface area contributed by atoms with Crippen LogP contribution in [0.5, 0.6) is 5.75 Å². The van der Waals surface area contributed by atoms with E-state index in [1.807, 2.05) is 30.3 Å². The van der Waals surface area contributed by atoms with E-state index in [0.29, 0.717) is 46.6 Å². The van der Waals surface area contributed by atoms with Crippen molar-refractivity contribution in [3.63, 3.8) is 0 Å². The summed E-state index contributed by atoms with van der Waals surface area (Å²) in [6.07, 6.45) is 3.75. The van der Waals surface area contributed by atoms with Gasteiger partial charge in [-0.15, -0.1) is 0 Å². The van der Waals surface area contributed by atoms with Crippen LogP contribution in [0.3, 0.4) is 0 Å². The van der Waals surface area contributed by atoms with Gasteiger partial charge in [-0.1, -0.05) is 24.3 Å². The SMILES string of the molecule is COc1cccc(CCC2=NC(=O)NC(c3cncc(C#N)c3)C2C(=O)OCc2cccc(C#N)c2)c1. The Morgan fingerprint density at radius 1 is 1.00 bits per heavy atom. The second kappa shape index (κ2) is 11.6. The number of pyridine rings is 1. The van der Waals surface area contributed by atoms with Crippen LogP contribution in [0, 0.1) is 28.6 Å². The van der Waals surface area contributed by atoms with Crippen molar-refractivity contribution in [2.24, 2.45) is 10.9 Å². The lowest BCUT2D eigenvalue weighted by molar-refractivity contribution is -0.148. The maximum Gasteiger partial charge on any atom is 0.341 e. The van der Waals surface area contributed by atoms with Crippen molar-refractivity contribution < 1.29 is 19.1 Å². The van der Waals surface area contributed by atoms with Crippen LogP contribution in [0.1, 0.15) is 40.3 Å². The molecule has 184 valence electrons. The first-order valence-corrected chi connectivity index (χ1v) is 11.5. The molecule has 1 aliphatic rings. The van der Waals surface area contributed by atoms with E-state index in [-0.39, 0.29) is 6.61 Å². The molecule has 2 amide bonds. The number of aliphatic imine (C=N–C) groups is 1. The number of carbonyl (C=O) groups is 2. The van der Waals surface area contributed by atoms with Crippen LogP contribution in [0.25, 0.3) is 0 Å². The Labute approximate surface area is 214 Å². The molecule has 9 nitrogen and oxygen atoms in total. The number of methoxy groups -OCH3 is 1. The molecule has 9 heteroatoms. The lowest BCUT2D eigenvalue weighted by atomic mass is 9.85. The molecule has 1 aromatic heterocycles. The molecule has 0 radical (unpaired) electrons. The Balaban J connectivity index is 1.62. The van der Waals surface area contributed by atoms with E-state index in [0.717, 1.165) is 5.56 Å². The molecule has 2 atom stereocenters. The molecule has 2 unspecified atom stereocenters. The fourth-order valence-electron chi connectivity index (χ4n) is 4.16. The molecular formula is C28H23N5O4. The summed E-state index contributed by atoms with van der Waals surface area (Å²) in [5.41, 5.74) is 3.23. The highest BCUT2D eigenvalue weighted by Crippen LogP contribution is 2.30. The Morgan fingerprint density at radius 3 is 2.57 bits per heavy atom. The van der Waals surface area contributed by atoms with E-state index in [1.165, 1.54) is 12.4 Å². The van der Waals surface area contributed by atoms with Gasteiger partial charge in [0.15, 0.2) is 0 Å². The summed E-state index contributed by atoms with van der Waals surface area (Å²) in [7, 11) is 1.58. The number of carbonyl (C=O) groups excluding carboxylic acids is 2. The monoisotopic (exact) mass is 493 g/mol. The number of ether oxygens (including phenoxy) is 2. The largest absolute Gasteiger partial charge is 0.497 e. The molecule has 3 aromatic rings. The number of nitrogens with one attached hydrogen (secondary N) is 1. The van der Waals surface area contributed by atoms with E-state index < -0.39 is 24.0 Å². The summed E-state index contributed by atoms with van der Waals surface area (Å²) in [4.78, 5) is 34.3. The number of urea groups is 1. The summed E-state index contributed by atoms with van der Waals surface area (Å²) < 4.78 is 10.9. The van der Waals surface area contributed by atoms with E-state index in [4.69, 9.17) is 14.7 Å². The van der Waals surface area contributed by atoms with Crippen molar-refractivity contribution in [3.8, 4) is 17.9 Å². The van der Waals surface area contributed by atoms with Crippen molar-refractivity contribution in [2.75, 3.05) is 7.11 Å². The summed E-state index contributed by atoms with van der Waals surface area (Å²) in [5.74, 6) is -0.814. The van der Waals surface area contributed by atoms with Crippen LogP contribution < -0.4 is 10.1 Å². The van der Waals surface area contributed by atoms with Crippen molar-refractivity contribution >= 4 is 17.7 Å². The van der Waals surface area contributed by atoms with Crippen LogP contribution in [0.2, 0.25) is 0 Å². The molecule has 0 aliphatic carbocycles. The molecule has 4 rings (SSSR count). The molecular weight excluding hydrogens is 470 g/mol. The lowest BCUT2D eigenvalue weighted by Gasteiger charge is -2.31. The lowest BCUT2D eigenvalue weighted by Crippen LogP contribution is -2.45. The highest BCUT2D eigenvalue weighted by molar-refractivity contribution is 6.09. The highest BCUT2D eigenvalue weighted by atomic mass is 16.5. The van der Waals surface area contributed by atoms with Gasteiger partial charge < -0.3 is 14.8 Å². The summed E-state index contributed by atoms with van der Waals surface area (Å²) in [5, 5.41) is 21.2. The zero-order valence-corrected chi connectivity index (χ0v) is 20.0. The molecule has 1 N–H and O–H groups in total. The van der Waals surface area contributed by atoms with Gasteiger partial charge in [-0.05, 0) is 59.9 Å². The molecule has 2 aromatic carbocycles. The Morgan fingerprint density at radius 2 is 1.78 bits per heavy atom. The van der Waals surface area contributed by atoms with Crippen LogP contribution in [-0.2, 0) is 22.6 Å². The van der Waals surface area contributed by atoms with Gasteiger partial charge in [0.05, 0.1) is 30.3 Å². The Bertz CT molecular complexity index is 1440. The molecule has 0 bridgehead atoms. The number of aryl methyl sites for hydroxylation is 1. The number of amides is 2. The van der Waals surface area contributed by atoms with Crippen molar-refractivity contribution in [2.45, 2.75) is 25.5 Å². The summed E-state index contributed by atoms with van der Waals surface area (Å²) >= 11 is 0. The van der Waals surface area contributed by atoms with E-state index in [1.54, 1.807) is 37.4 Å². The Hall–Kier alpha value is -5.02. The second-order valence-electron chi connectivity index (χ2n) is 8.40. The number of benzene rings is 2. The zero-order chi connectivity index (χ0) is 26.2. The number of nitrogens with zero attached hydrogens (tertiary/aromatic N) is 4. The van der Waals surface area contributed by atoms with Gasteiger partial charge in [0, 0.05) is 18.1 Å². The molecule has 0 fully saturated rings. The van der Waals surface area contributed by atoms with Crippen LogP contribution in [0.15, 0.2) is 72.0 Å². The van der Waals surface area contributed by atoms with Crippen LogP contribution in [-0.4, -0.2) is 29.8 Å².